The number of nitrogens with zero attached hydrogens (tertiary/aromatic N) is 2. The highest BCUT2D eigenvalue weighted by Gasteiger charge is 2.32. The van der Waals surface area contributed by atoms with Gasteiger partial charge in [0.15, 0.2) is 5.76 Å². The minimum Gasteiger partial charge on any atom is -0.355 e. The molecule has 1 atom stereocenters. The molecule has 7 heteroatoms. The molecular weight excluding hydrogens is 370 g/mol. The topological polar surface area (TPSA) is 46.3 Å². The van der Waals surface area contributed by atoms with Crippen molar-refractivity contribution in [2.45, 2.75) is 31.7 Å². The Morgan fingerprint density at radius 3 is 2.70 bits per heavy atom. The lowest BCUT2D eigenvalue weighted by Crippen LogP contribution is -2.36. The molecule has 1 aromatic carbocycles. The predicted molar refractivity (Wildman–Crippen MR) is 98.4 cm³/mol. The Morgan fingerprint density at radius 1 is 1.15 bits per heavy atom. The fourth-order valence-corrected chi connectivity index (χ4v) is 4.16. The second kappa shape index (κ2) is 7.60. The number of rotatable bonds is 3. The van der Waals surface area contributed by atoms with Crippen LogP contribution in [0.1, 0.15) is 47.8 Å². The van der Waals surface area contributed by atoms with Gasteiger partial charge in [-0.15, -0.1) is 11.3 Å². The molecule has 1 fully saturated rings. The van der Waals surface area contributed by atoms with Crippen LogP contribution >= 0.6 is 11.3 Å². The largest absolute Gasteiger partial charge is 0.355 e. The SMILES string of the molecule is O=C(c1c(F)cccc1F)N1CCCCC[C@@H]1c1cc(-c2cccs2)on1. The van der Waals surface area contributed by atoms with Gasteiger partial charge in [-0.05, 0) is 36.4 Å². The van der Waals surface area contributed by atoms with Crippen LogP contribution in [0.4, 0.5) is 8.78 Å². The molecule has 140 valence electrons. The van der Waals surface area contributed by atoms with Gasteiger partial charge in [0.1, 0.15) is 22.9 Å². The monoisotopic (exact) mass is 388 g/mol. The minimum atomic E-state index is -0.845. The molecule has 2 aromatic heterocycles. The number of benzene rings is 1. The van der Waals surface area contributed by atoms with Crippen molar-refractivity contribution in [3.05, 3.63) is 64.7 Å². The number of halogens is 2. The highest BCUT2D eigenvalue weighted by Crippen LogP contribution is 2.34. The van der Waals surface area contributed by atoms with Crippen LogP contribution in [0.2, 0.25) is 0 Å². The number of hydrogen-bond donors (Lipinski definition) is 0. The smallest absolute Gasteiger partial charge is 0.260 e. The fraction of sp³-hybridized carbons (Fsp3) is 0.300. The Balaban J connectivity index is 1.68. The van der Waals surface area contributed by atoms with Crippen molar-refractivity contribution in [3.63, 3.8) is 0 Å². The highest BCUT2D eigenvalue weighted by molar-refractivity contribution is 7.13. The van der Waals surface area contributed by atoms with Crippen LogP contribution in [-0.2, 0) is 0 Å². The maximum Gasteiger partial charge on any atom is 0.260 e. The zero-order valence-corrected chi connectivity index (χ0v) is 15.3. The van der Waals surface area contributed by atoms with Gasteiger partial charge in [0.25, 0.3) is 5.91 Å². The molecule has 4 nitrogen and oxygen atoms in total. The molecule has 0 saturated carbocycles. The van der Waals surface area contributed by atoms with E-state index >= 15 is 0 Å². The van der Waals surface area contributed by atoms with Gasteiger partial charge in [0, 0.05) is 12.6 Å². The summed E-state index contributed by atoms with van der Waals surface area (Å²) in [5.74, 6) is -1.70. The van der Waals surface area contributed by atoms with E-state index in [1.165, 1.54) is 22.3 Å². The van der Waals surface area contributed by atoms with E-state index in [2.05, 4.69) is 5.16 Å². The minimum absolute atomic E-state index is 0.364. The summed E-state index contributed by atoms with van der Waals surface area (Å²) in [6.45, 7) is 0.429. The van der Waals surface area contributed by atoms with E-state index in [1.807, 2.05) is 23.6 Å². The molecule has 4 rings (SSSR count). The summed E-state index contributed by atoms with van der Waals surface area (Å²) in [6.07, 6.45) is 3.33. The highest BCUT2D eigenvalue weighted by atomic mass is 32.1. The molecule has 1 aliphatic rings. The van der Waals surface area contributed by atoms with Crippen LogP contribution in [0.3, 0.4) is 0 Å². The molecule has 0 radical (unpaired) electrons. The van der Waals surface area contributed by atoms with Crippen LogP contribution in [0.15, 0.2) is 46.3 Å². The van der Waals surface area contributed by atoms with Crippen molar-refractivity contribution in [2.75, 3.05) is 6.54 Å². The number of amides is 1. The number of aromatic nitrogens is 1. The van der Waals surface area contributed by atoms with Gasteiger partial charge in [-0.25, -0.2) is 8.78 Å². The second-order valence-electron chi connectivity index (χ2n) is 6.55. The molecule has 27 heavy (non-hydrogen) atoms. The number of hydrogen-bond acceptors (Lipinski definition) is 4. The Hall–Kier alpha value is -2.54. The van der Waals surface area contributed by atoms with Gasteiger partial charge in [-0.3, -0.25) is 4.79 Å². The van der Waals surface area contributed by atoms with E-state index in [1.54, 1.807) is 0 Å². The Morgan fingerprint density at radius 2 is 1.96 bits per heavy atom. The first-order valence-corrected chi connectivity index (χ1v) is 9.78. The molecule has 0 spiro atoms. The molecule has 3 aromatic rings. The normalized spacial score (nSPS) is 17.7. The first kappa shape index (κ1) is 17.9. The van der Waals surface area contributed by atoms with Crippen molar-refractivity contribution in [3.8, 4) is 10.6 Å². The Kier molecular flexibility index (Phi) is 5.03. The third-order valence-corrected chi connectivity index (χ3v) is 5.71. The van der Waals surface area contributed by atoms with Gasteiger partial charge >= 0.3 is 0 Å². The maximum absolute atomic E-state index is 14.2. The molecule has 0 unspecified atom stereocenters. The summed E-state index contributed by atoms with van der Waals surface area (Å²) in [6, 6.07) is 8.77. The molecule has 1 amide bonds. The van der Waals surface area contributed by atoms with Crippen LogP contribution in [-0.4, -0.2) is 22.5 Å². The van der Waals surface area contributed by atoms with E-state index in [0.29, 0.717) is 24.4 Å². The third-order valence-electron chi connectivity index (χ3n) is 4.82. The molecule has 3 heterocycles. The van der Waals surface area contributed by atoms with E-state index in [0.717, 1.165) is 36.3 Å². The molecule has 1 aliphatic heterocycles. The Labute approximate surface area is 159 Å². The van der Waals surface area contributed by atoms with E-state index in [9.17, 15) is 13.6 Å². The first-order chi connectivity index (χ1) is 13.1. The molecular formula is C20H18F2N2O2S. The van der Waals surface area contributed by atoms with Crippen LogP contribution in [0, 0.1) is 11.6 Å². The van der Waals surface area contributed by atoms with Gasteiger partial charge in [0.2, 0.25) is 0 Å². The number of carbonyl (C=O) groups is 1. The summed E-state index contributed by atoms with van der Waals surface area (Å²) in [7, 11) is 0. The molecule has 1 saturated heterocycles. The van der Waals surface area contributed by atoms with Crippen molar-refractivity contribution in [1.29, 1.82) is 0 Å². The number of thiophene rings is 1. The van der Waals surface area contributed by atoms with Gasteiger partial charge in [0.05, 0.1) is 10.9 Å². The summed E-state index contributed by atoms with van der Waals surface area (Å²) in [5, 5.41) is 6.10. The van der Waals surface area contributed by atoms with E-state index in [4.69, 9.17) is 4.52 Å². The second-order valence-corrected chi connectivity index (χ2v) is 7.50. The summed E-state index contributed by atoms with van der Waals surface area (Å²) in [4.78, 5) is 15.5. The Bertz CT molecular complexity index is 919. The predicted octanol–water partition coefficient (Wildman–Crippen LogP) is 5.44. The zero-order chi connectivity index (χ0) is 18.8. The lowest BCUT2D eigenvalue weighted by molar-refractivity contribution is 0.0664. The molecule has 0 N–H and O–H groups in total. The molecule has 0 aliphatic carbocycles. The van der Waals surface area contributed by atoms with E-state index in [-0.39, 0.29) is 6.04 Å². The van der Waals surface area contributed by atoms with Crippen LogP contribution in [0.5, 0.6) is 0 Å². The maximum atomic E-state index is 14.2. The third kappa shape index (κ3) is 3.51. The lowest BCUT2D eigenvalue weighted by atomic mass is 10.0. The lowest BCUT2D eigenvalue weighted by Gasteiger charge is -2.28. The summed E-state index contributed by atoms with van der Waals surface area (Å²) >= 11 is 1.53. The first-order valence-electron chi connectivity index (χ1n) is 8.90. The van der Waals surface area contributed by atoms with Crippen LogP contribution in [0.25, 0.3) is 10.6 Å². The zero-order valence-electron chi connectivity index (χ0n) is 14.5. The van der Waals surface area contributed by atoms with Crippen molar-refractivity contribution in [1.82, 2.24) is 10.1 Å². The average Bonchev–Trinajstić information content (AvgIpc) is 3.29. The van der Waals surface area contributed by atoms with Gasteiger partial charge in [-0.1, -0.05) is 30.1 Å². The summed E-state index contributed by atoms with van der Waals surface area (Å²) in [5.41, 5.74) is 0.108. The van der Waals surface area contributed by atoms with Crippen LogP contribution < -0.4 is 0 Å². The van der Waals surface area contributed by atoms with Gasteiger partial charge in [-0.2, -0.15) is 0 Å². The van der Waals surface area contributed by atoms with Gasteiger partial charge < -0.3 is 9.42 Å². The number of carbonyl (C=O) groups excluding carboxylic acids is 1. The number of likely N-dealkylation sites (tertiary alicyclic amines) is 1. The van der Waals surface area contributed by atoms with Crippen molar-refractivity contribution >= 4 is 17.2 Å². The molecule has 0 bridgehead atoms. The average molecular weight is 388 g/mol. The fourth-order valence-electron chi connectivity index (χ4n) is 3.49. The van der Waals surface area contributed by atoms with Crippen molar-refractivity contribution < 1.29 is 18.1 Å². The van der Waals surface area contributed by atoms with E-state index < -0.39 is 23.1 Å². The van der Waals surface area contributed by atoms with Crippen molar-refractivity contribution in [2.24, 2.45) is 0 Å². The standard InChI is InChI=1S/C20H18F2N2O2S/c21-13-6-4-7-14(22)19(13)20(25)24-10-3-1-2-8-16(24)15-12-17(26-23-15)18-9-5-11-27-18/h4-7,9,11-12,16H,1-3,8,10H2/t16-/m1/s1. The quantitative estimate of drug-likeness (QED) is 0.600. The summed E-state index contributed by atoms with van der Waals surface area (Å²) < 4.78 is 33.8.